The van der Waals surface area contributed by atoms with Crippen LogP contribution in [-0.4, -0.2) is 31.3 Å². The van der Waals surface area contributed by atoms with Gasteiger partial charge >= 0.3 is 0 Å². The van der Waals surface area contributed by atoms with Crippen LogP contribution >= 0.6 is 11.8 Å². The van der Waals surface area contributed by atoms with Gasteiger partial charge in [0.25, 0.3) is 0 Å². The van der Waals surface area contributed by atoms with E-state index in [1.165, 1.54) is 4.90 Å². The van der Waals surface area contributed by atoms with E-state index in [-0.39, 0.29) is 5.91 Å². The van der Waals surface area contributed by atoms with Crippen molar-refractivity contribution >= 4 is 17.7 Å². The smallest absolute Gasteiger partial charge is 0.238 e. The Balaban J connectivity index is 2.53. The van der Waals surface area contributed by atoms with Crippen molar-refractivity contribution in [3.05, 3.63) is 29.8 Å². The summed E-state index contributed by atoms with van der Waals surface area (Å²) in [6, 6.07) is 8.04. The lowest BCUT2D eigenvalue weighted by Gasteiger charge is -2.11. The Morgan fingerprint density at radius 3 is 2.40 bits per heavy atom. The molecule has 0 aliphatic heterocycles. The third-order valence-electron chi connectivity index (χ3n) is 1.87. The van der Waals surface area contributed by atoms with Gasteiger partial charge in [-0.15, -0.1) is 11.8 Å². The standard InChI is InChI=1S/C11H16N2OS/c1-13(2)12-11(14)8-9-4-6-10(15-3)7-5-9/h4-7H,8H2,1-3H3,(H,12,14). The first kappa shape index (κ1) is 12.1. The molecule has 1 rings (SSSR count). The molecule has 0 atom stereocenters. The van der Waals surface area contributed by atoms with E-state index in [1.807, 2.05) is 30.5 Å². The molecule has 0 spiro atoms. The third kappa shape index (κ3) is 4.36. The van der Waals surface area contributed by atoms with Crippen molar-refractivity contribution in [2.75, 3.05) is 20.4 Å². The first-order valence-electron chi connectivity index (χ1n) is 4.71. The fraction of sp³-hybridized carbons (Fsp3) is 0.364. The number of rotatable bonds is 4. The second-order valence-corrected chi connectivity index (χ2v) is 4.33. The summed E-state index contributed by atoms with van der Waals surface area (Å²) in [4.78, 5) is 12.6. The van der Waals surface area contributed by atoms with E-state index in [1.54, 1.807) is 30.9 Å². The Kier molecular flexibility index (Phi) is 4.65. The number of amides is 1. The molecule has 0 fully saturated rings. The number of hydrogen-bond acceptors (Lipinski definition) is 3. The van der Waals surface area contributed by atoms with Crippen molar-refractivity contribution in [3.8, 4) is 0 Å². The highest BCUT2D eigenvalue weighted by atomic mass is 32.2. The first-order chi connectivity index (χ1) is 7.11. The quantitative estimate of drug-likeness (QED) is 0.622. The van der Waals surface area contributed by atoms with Crippen LogP contribution in [0, 0.1) is 0 Å². The molecule has 0 unspecified atom stereocenters. The third-order valence-corrected chi connectivity index (χ3v) is 2.62. The van der Waals surface area contributed by atoms with Gasteiger partial charge < -0.3 is 0 Å². The molecule has 1 N–H and O–H groups in total. The maximum atomic E-state index is 11.4. The molecule has 0 aliphatic carbocycles. The molecule has 0 saturated heterocycles. The molecule has 0 saturated carbocycles. The Morgan fingerprint density at radius 2 is 1.93 bits per heavy atom. The number of nitrogens with zero attached hydrogens (tertiary/aromatic N) is 1. The Bertz CT molecular complexity index is 322. The van der Waals surface area contributed by atoms with Gasteiger partial charge in [0.1, 0.15) is 0 Å². The number of nitrogens with one attached hydrogen (secondary N) is 1. The highest BCUT2D eigenvalue weighted by Crippen LogP contribution is 2.14. The molecule has 0 aromatic heterocycles. The average Bonchev–Trinajstić information content (AvgIpc) is 2.17. The summed E-state index contributed by atoms with van der Waals surface area (Å²) in [5.41, 5.74) is 3.74. The van der Waals surface area contributed by atoms with Gasteiger partial charge in [0.05, 0.1) is 6.42 Å². The molecule has 0 radical (unpaired) electrons. The number of carbonyl (C=O) groups excluding carboxylic acids is 1. The minimum Gasteiger partial charge on any atom is -0.289 e. The summed E-state index contributed by atoms with van der Waals surface area (Å²) < 4.78 is 0. The summed E-state index contributed by atoms with van der Waals surface area (Å²) >= 11 is 1.70. The zero-order chi connectivity index (χ0) is 11.3. The topological polar surface area (TPSA) is 32.3 Å². The van der Waals surface area contributed by atoms with Crippen LogP contribution in [-0.2, 0) is 11.2 Å². The van der Waals surface area contributed by atoms with Crippen LogP contribution in [0.25, 0.3) is 0 Å². The minimum atomic E-state index is 0.0110. The molecule has 3 nitrogen and oxygen atoms in total. The molecule has 15 heavy (non-hydrogen) atoms. The minimum absolute atomic E-state index is 0.0110. The lowest BCUT2D eigenvalue weighted by atomic mass is 10.1. The molecular weight excluding hydrogens is 208 g/mol. The molecule has 0 bridgehead atoms. The molecular formula is C11H16N2OS. The SMILES string of the molecule is CSc1ccc(CC(=O)NN(C)C)cc1. The van der Waals surface area contributed by atoms with Gasteiger partial charge in [-0.3, -0.25) is 10.2 Å². The van der Waals surface area contributed by atoms with Gasteiger partial charge in [-0.1, -0.05) is 12.1 Å². The summed E-state index contributed by atoms with van der Waals surface area (Å²) in [5, 5.41) is 1.65. The van der Waals surface area contributed by atoms with Crippen LogP contribution in [0.5, 0.6) is 0 Å². The van der Waals surface area contributed by atoms with E-state index in [0.29, 0.717) is 6.42 Å². The molecule has 1 amide bonds. The predicted molar refractivity (Wildman–Crippen MR) is 63.8 cm³/mol. The highest BCUT2D eigenvalue weighted by Gasteiger charge is 2.03. The van der Waals surface area contributed by atoms with E-state index in [2.05, 4.69) is 5.43 Å². The van der Waals surface area contributed by atoms with Crippen LogP contribution in [0.3, 0.4) is 0 Å². The van der Waals surface area contributed by atoms with Crippen LogP contribution in [0.15, 0.2) is 29.2 Å². The molecule has 82 valence electrons. The van der Waals surface area contributed by atoms with E-state index in [4.69, 9.17) is 0 Å². The van der Waals surface area contributed by atoms with Crippen LogP contribution < -0.4 is 5.43 Å². The van der Waals surface area contributed by atoms with Crippen molar-refractivity contribution in [2.45, 2.75) is 11.3 Å². The van der Waals surface area contributed by atoms with Crippen LogP contribution in [0.4, 0.5) is 0 Å². The van der Waals surface area contributed by atoms with E-state index < -0.39 is 0 Å². The van der Waals surface area contributed by atoms with Crippen molar-refractivity contribution in [1.82, 2.24) is 10.4 Å². The number of carbonyl (C=O) groups is 1. The van der Waals surface area contributed by atoms with Crippen molar-refractivity contribution in [2.24, 2.45) is 0 Å². The molecule has 0 aliphatic rings. The second-order valence-electron chi connectivity index (χ2n) is 3.45. The van der Waals surface area contributed by atoms with E-state index >= 15 is 0 Å². The largest absolute Gasteiger partial charge is 0.289 e. The number of hydrogen-bond donors (Lipinski definition) is 1. The zero-order valence-electron chi connectivity index (χ0n) is 9.28. The summed E-state index contributed by atoms with van der Waals surface area (Å²) in [7, 11) is 3.60. The second kappa shape index (κ2) is 5.78. The highest BCUT2D eigenvalue weighted by molar-refractivity contribution is 7.98. The van der Waals surface area contributed by atoms with Gasteiger partial charge in [-0.2, -0.15) is 0 Å². The number of benzene rings is 1. The normalized spacial score (nSPS) is 10.4. The fourth-order valence-corrected chi connectivity index (χ4v) is 1.63. The number of thioether (sulfide) groups is 1. The maximum absolute atomic E-state index is 11.4. The van der Waals surface area contributed by atoms with Gasteiger partial charge in [0.15, 0.2) is 0 Å². The van der Waals surface area contributed by atoms with Gasteiger partial charge in [0.2, 0.25) is 5.91 Å². The molecule has 0 heterocycles. The zero-order valence-corrected chi connectivity index (χ0v) is 10.1. The van der Waals surface area contributed by atoms with Crippen LogP contribution in [0.1, 0.15) is 5.56 Å². The van der Waals surface area contributed by atoms with Gasteiger partial charge in [-0.25, -0.2) is 5.01 Å². The predicted octanol–water partition coefficient (Wildman–Crippen LogP) is 1.54. The Hall–Kier alpha value is -1.00. The van der Waals surface area contributed by atoms with Crippen molar-refractivity contribution in [3.63, 3.8) is 0 Å². The summed E-state index contributed by atoms with van der Waals surface area (Å²) in [6.45, 7) is 0. The van der Waals surface area contributed by atoms with E-state index in [9.17, 15) is 4.79 Å². The van der Waals surface area contributed by atoms with Crippen LogP contribution in [0.2, 0.25) is 0 Å². The summed E-state index contributed by atoms with van der Waals surface area (Å²) in [5.74, 6) is 0.0110. The van der Waals surface area contributed by atoms with Gasteiger partial charge in [-0.05, 0) is 24.0 Å². The fourth-order valence-electron chi connectivity index (χ4n) is 1.22. The lowest BCUT2D eigenvalue weighted by Crippen LogP contribution is -2.37. The lowest BCUT2D eigenvalue weighted by molar-refractivity contribution is -0.124. The maximum Gasteiger partial charge on any atom is 0.238 e. The van der Waals surface area contributed by atoms with Crippen molar-refractivity contribution < 1.29 is 4.79 Å². The molecule has 4 heteroatoms. The monoisotopic (exact) mass is 224 g/mol. The van der Waals surface area contributed by atoms with Gasteiger partial charge in [0, 0.05) is 19.0 Å². The number of hydrazine groups is 1. The first-order valence-corrected chi connectivity index (χ1v) is 5.94. The Labute approximate surface area is 94.8 Å². The van der Waals surface area contributed by atoms with Crippen molar-refractivity contribution in [1.29, 1.82) is 0 Å². The summed E-state index contributed by atoms with van der Waals surface area (Å²) in [6.07, 6.45) is 2.46. The molecule has 1 aromatic rings. The average molecular weight is 224 g/mol. The van der Waals surface area contributed by atoms with E-state index in [0.717, 1.165) is 5.56 Å². The Morgan fingerprint density at radius 1 is 1.33 bits per heavy atom. The molecule has 1 aromatic carbocycles.